The summed E-state index contributed by atoms with van der Waals surface area (Å²) in [7, 11) is 1.61. The van der Waals surface area contributed by atoms with Crippen LogP contribution in [-0.4, -0.2) is 19.9 Å². The number of benzene rings is 1. The molecule has 0 fully saturated rings. The van der Waals surface area contributed by atoms with Crippen LogP contribution in [0.1, 0.15) is 19.4 Å². The Morgan fingerprint density at radius 2 is 2.12 bits per heavy atom. The first-order chi connectivity index (χ1) is 7.67. The number of rotatable bonds is 5. The van der Waals surface area contributed by atoms with Crippen LogP contribution < -0.4 is 15.3 Å². The molecule has 0 radical (unpaired) electrons. The molecule has 1 aromatic carbocycles. The van der Waals surface area contributed by atoms with Gasteiger partial charge >= 0.3 is 0 Å². The van der Waals surface area contributed by atoms with E-state index in [0.29, 0.717) is 18.3 Å². The van der Waals surface area contributed by atoms with E-state index in [1.54, 1.807) is 13.3 Å². The van der Waals surface area contributed by atoms with Crippen molar-refractivity contribution >= 4 is 6.21 Å². The predicted molar refractivity (Wildman–Crippen MR) is 65.1 cm³/mol. The molecule has 0 atom stereocenters. The Morgan fingerprint density at radius 3 is 2.69 bits per heavy atom. The first-order valence-corrected chi connectivity index (χ1v) is 5.21. The molecule has 4 heteroatoms. The normalized spacial score (nSPS) is 11.0. The van der Waals surface area contributed by atoms with Gasteiger partial charge in [-0.1, -0.05) is 13.8 Å². The summed E-state index contributed by atoms with van der Waals surface area (Å²) in [6.45, 7) is 4.87. The molecule has 4 nitrogen and oxygen atoms in total. The van der Waals surface area contributed by atoms with Crippen LogP contribution in [0.25, 0.3) is 0 Å². The van der Waals surface area contributed by atoms with Gasteiger partial charge in [0.1, 0.15) is 0 Å². The zero-order valence-corrected chi connectivity index (χ0v) is 9.93. The molecule has 2 N–H and O–H groups in total. The summed E-state index contributed by atoms with van der Waals surface area (Å²) in [6, 6.07) is 5.58. The third-order valence-corrected chi connectivity index (χ3v) is 1.98. The van der Waals surface area contributed by atoms with Crippen LogP contribution in [0.2, 0.25) is 0 Å². The molecule has 0 saturated carbocycles. The highest BCUT2D eigenvalue weighted by atomic mass is 16.5. The van der Waals surface area contributed by atoms with Crippen LogP contribution in [0, 0.1) is 5.92 Å². The van der Waals surface area contributed by atoms with Crippen LogP contribution in [0.5, 0.6) is 11.5 Å². The summed E-state index contributed by atoms with van der Waals surface area (Å²) < 4.78 is 10.9. The van der Waals surface area contributed by atoms with Gasteiger partial charge in [0.25, 0.3) is 0 Å². The molecular weight excluding hydrogens is 204 g/mol. The van der Waals surface area contributed by atoms with E-state index in [0.717, 1.165) is 11.3 Å². The summed E-state index contributed by atoms with van der Waals surface area (Å²) in [4.78, 5) is 0. The number of nitrogens with zero attached hydrogens (tertiary/aromatic N) is 1. The van der Waals surface area contributed by atoms with Crippen molar-refractivity contribution in [3.05, 3.63) is 23.8 Å². The van der Waals surface area contributed by atoms with Crippen LogP contribution in [0.4, 0.5) is 0 Å². The monoisotopic (exact) mass is 222 g/mol. The lowest BCUT2D eigenvalue weighted by Crippen LogP contribution is -2.05. The second kappa shape index (κ2) is 6.00. The molecule has 0 saturated heterocycles. The number of hydrazone groups is 1. The average molecular weight is 222 g/mol. The number of hydrogen-bond donors (Lipinski definition) is 1. The highest BCUT2D eigenvalue weighted by Crippen LogP contribution is 2.27. The standard InChI is InChI=1S/C12H18N2O2/c1-9(2)8-16-11-5-4-10(7-14-13)6-12(11)15-3/h4-7,9H,8,13H2,1-3H3/b14-7-. The van der Waals surface area contributed by atoms with Gasteiger partial charge in [-0.3, -0.25) is 0 Å². The van der Waals surface area contributed by atoms with E-state index in [9.17, 15) is 0 Å². The van der Waals surface area contributed by atoms with Gasteiger partial charge in [0.15, 0.2) is 11.5 Å². The molecule has 0 unspecified atom stereocenters. The minimum atomic E-state index is 0.481. The Labute approximate surface area is 96.1 Å². The van der Waals surface area contributed by atoms with Crippen molar-refractivity contribution in [3.8, 4) is 11.5 Å². The first kappa shape index (κ1) is 12.4. The Morgan fingerprint density at radius 1 is 1.38 bits per heavy atom. The maximum atomic E-state index is 5.62. The maximum Gasteiger partial charge on any atom is 0.161 e. The van der Waals surface area contributed by atoms with Gasteiger partial charge < -0.3 is 15.3 Å². The van der Waals surface area contributed by atoms with Crippen molar-refractivity contribution in [3.63, 3.8) is 0 Å². The zero-order valence-electron chi connectivity index (χ0n) is 9.93. The number of methoxy groups -OCH3 is 1. The lowest BCUT2D eigenvalue weighted by atomic mass is 10.2. The minimum Gasteiger partial charge on any atom is -0.493 e. The van der Waals surface area contributed by atoms with Crippen molar-refractivity contribution in [2.45, 2.75) is 13.8 Å². The van der Waals surface area contributed by atoms with E-state index in [-0.39, 0.29) is 0 Å². The molecular formula is C12H18N2O2. The van der Waals surface area contributed by atoms with Crippen molar-refractivity contribution in [2.24, 2.45) is 16.9 Å². The second-order valence-corrected chi connectivity index (χ2v) is 3.89. The minimum absolute atomic E-state index is 0.481. The molecule has 16 heavy (non-hydrogen) atoms. The largest absolute Gasteiger partial charge is 0.493 e. The fourth-order valence-corrected chi connectivity index (χ4v) is 1.23. The van der Waals surface area contributed by atoms with Gasteiger partial charge in [-0.2, -0.15) is 5.10 Å². The van der Waals surface area contributed by atoms with E-state index in [1.165, 1.54) is 0 Å². The van der Waals surface area contributed by atoms with Crippen LogP contribution in [0.3, 0.4) is 0 Å². The topological polar surface area (TPSA) is 56.8 Å². The Hall–Kier alpha value is -1.71. The van der Waals surface area contributed by atoms with Gasteiger partial charge in [0, 0.05) is 0 Å². The third-order valence-electron chi connectivity index (χ3n) is 1.98. The molecule has 0 aliphatic heterocycles. The molecule has 1 rings (SSSR count). The fourth-order valence-electron chi connectivity index (χ4n) is 1.23. The summed E-state index contributed by atoms with van der Waals surface area (Å²) in [6.07, 6.45) is 1.56. The maximum absolute atomic E-state index is 5.62. The van der Waals surface area contributed by atoms with Gasteiger partial charge in [-0.25, -0.2) is 0 Å². The highest BCUT2D eigenvalue weighted by Gasteiger charge is 2.05. The smallest absolute Gasteiger partial charge is 0.161 e. The summed E-state index contributed by atoms with van der Waals surface area (Å²) >= 11 is 0. The summed E-state index contributed by atoms with van der Waals surface area (Å²) in [5.41, 5.74) is 0.885. The van der Waals surface area contributed by atoms with E-state index in [1.807, 2.05) is 18.2 Å². The second-order valence-electron chi connectivity index (χ2n) is 3.89. The zero-order chi connectivity index (χ0) is 12.0. The molecule has 0 spiro atoms. The third kappa shape index (κ3) is 3.46. The molecule has 0 aliphatic rings. The molecule has 0 heterocycles. The molecule has 0 bridgehead atoms. The van der Waals surface area contributed by atoms with Crippen molar-refractivity contribution < 1.29 is 9.47 Å². The Balaban J connectivity index is 2.84. The van der Waals surface area contributed by atoms with Gasteiger partial charge in [-0.15, -0.1) is 0 Å². The number of ether oxygens (including phenoxy) is 2. The average Bonchev–Trinajstić information content (AvgIpc) is 2.27. The van der Waals surface area contributed by atoms with E-state index < -0.39 is 0 Å². The Bertz CT molecular complexity index is 362. The lowest BCUT2D eigenvalue weighted by molar-refractivity contribution is 0.257. The molecule has 0 aliphatic carbocycles. The van der Waals surface area contributed by atoms with E-state index in [4.69, 9.17) is 15.3 Å². The van der Waals surface area contributed by atoms with Gasteiger partial charge in [0.05, 0.1) is 19.9 Å². The summed E-state index contributed by atoms with van der Waals surface area (Å²) in [5.74, 6) is 7.00. The highest BCUT2D eigenvalue weighted by molar-refractivity contribution is 5.80. The fraction of sp³-hybridized carbons (Fsp3) is 0.417. The SMILES string of the molecule is COc1cc(/C=N\N)ccc1OCC(C)C. The molecule has 88 valence electrons. The van der Waals surface area contributed by atoms with Crippen LogP contribution >= 0.6 is 0 Å². The molecule has 0 amide bonds. The van der Waals surface area contributed by atoms with E-state index >= 15 is 0 Å². The van der Waals surface area contributed by atoms with Crippen molar-refractivity contribution in [2.75, 3.05) is 13.7 Å². The molecule has 0 aromatic heterocycles. The first-order valence-electron chi connectivity index (χ1n) is 5.21. The van der Waals surface area contributed by atoms with Crippen molar-refractivity contribution in [1.82, 2.24) is 0 Å². The number of nitrogens with two attached hydrogens (primary N) is 1. The quantitative estimate of drug-likeness (QED) is 0.471. The lowest BCUT2D eigenvalue weighted by Gasteiger charge is -2.12. The number of hydrogen-bond acceptors (Lipinski definition) is 4. The van der Waals surface area contributed by atoms with Crippen molar-refractivity contribution in [1.29, 1.82) is 0 Å². The Kier molecular flexibility index (Phi) is 4.64. The van der Waals surface area contributed by atoms with Crippen LogP contribution in [-0.2, 0) is 0 Å². The van der Waals surface area contributed by atoms with Gasteiger partial charge in [0.2, 0.25) is 0 Å². The van der Waals surface area contributed by atoms with E-state index in [2.05, 4.69) is 18.9 Å². The van der Waals surface area contributed by atoms with Gasteiger partial charge in [-0.05, 0) is 29.7 Å². The molecule has 1 aromatic rings. The van der Waals surface area contributed by atoms with Crippen LogP contribution in [0.15, 0.2) is 23.3 Å². The summed E-state index contributed by atoms with van der Waals surface area (Å²) in [5, 5.41) is 3.46. The predicted octanol–water partition coefficient (Wildman–Crippen LogP) is 2.02.